The Labute approximate surface area is 229 Å². The van der Waals surface area contributed by atoms with Crippen LogP contribution in [0.2, 0.25) is 0 Å². The van der Waals surface area contributed by atoms with Crippen molar-refractivity contribution < 1.29 is 32.6 Å². The monoisotopic (exact) mass is 572 g/mol. The molecule has 0 spiro atoms. The van der Waals surface area contributed by atoms with Crippen molar-refractivity contribution in [3.63, 3.8) is 0 Å². The van der Waals surface area contributed by atoms with Crippen LogP contribution in [0.4, 0.5) is 13.2 Å². The number of carbonyl (C=O) groups excluding carboxylic acids is 1. The number of hydrogen-bond acceptors (Lipinski definition) is 7. The van der Waals surface area contributed by atoms with Crippen LogP contribution in [-0.4, -0.2) is 54.2 Å². The van der Waals surface area contributed by atoms with Crippen LogP contribution in [-0.2, 0) is 17.9 Å². The molecule has 5 rings (SSSR count). The Balaban J connectivity index is 0.000000470. The summed E-state index contributed by atoms with van der Waals surface area (Å²) in [5.74, 6) is -1.67. The summed E-state index contributed by atoms with van der Waals surface area (Å²) in [6.07, 6.45) is 0.486. The van der Waals surface area contributed by atoms with E-state index in [1.165, 1.54) is 0 Å². The van der Waals surface area contributed by atoms with Gasteiger partial charge >= 0.3 is 12.1 Å². The van der Waals surface area contributed by atoms with Gasteiger partial charge in [-0.25, -0.2) is 19.7 Å². The van der Waals surface area contributed by atoms with E-state index in [1.54, 1.807) is 24.8 Å². The number of rotatable bonds is 7. The lowest BCUT2D eigenvalue weighted by molar-refractivity contribution is -0.192. The lowest BCUT2D eigenvalue weighted by Gasteiger charge is -2.08. The zero-order chi connectivity index (χ0) is 28.9. The van der Waals surface area contributed by atoms with Crippen molar-refractivity contribution in [2.24, 2.45) is 0 Å². The Hall–Kier alpha value is -4.72. The molecule has 208 valence electrons. The Bertz CT molecular complexity index is 1640. The summed E-state index contributed by atoms with van der Waals surface area (Å²) in [6.45, 7) is 2.96. The molecule has 0 aliphatic heterocycles. The van der Waals surface area contributed by atoms with Gasteiger partial charge in [-0.3, -0.25) is 9.20 Å². The highest BCUT2D eigenvalue weighted by molar-refractivity contribution is 7.09. The first-order valence-electron chi connectivity index (χ1n) is 11.7. The molecule has 0 radical (unpaired) electrons. The van der Waals surface area contributed by atoms with E-state index in [0.29, 0.717) is 30.3 Å². The zero-order valence-corrected chi connectivity index (χ0v) is 22.0. The Morgan fingerprint density at radius 2 is 1.85 bits per heavy atom. The van der Waals surface area contributed by atoms with Crippen LogP contribution in [0.1, 0.15) is 26.8 Å². The zero-order valence-electron chi connectivity index (χ0n) is 21.2. The molecule has 40 heavy (non-hydrogen) atoms. The van der Waals surface area contributed by atoms with Crippen molar-refractivity contribution in [3.05, 3.63) is 88.5 Å². The number of ether oxygens (including phenoxy) is 1. The average molecular weight is 573 g/mol. The molecule has 5 aromatic rings. The summed E-state index contributed by atoms with van der Waals surface area (Å²) < 4.78 is 41.0. The SMILES string of the molecule is COc1ccccc1CNC(=O)c1nc(-c2cn(Cc3csc(C)n3)cn2)n2ccccc12.O=C(O)C(F)(F)F. The summed E-state index contributed by atoms with van der Waals surface area (Å²) in [5, 5.41) is 13.2. The predicted molar refractivity (Wildman–Crippen MR) is 140 cm³/mol. The van der Waals surface area contributed by atoms with Gasteiger partial charge in [0, 0.05) is 29.9 Å². The van der Waals surface area contributed by atoms with Crippen LogP contribution in [0.5, 0.6) is 5.75 Å². The lowest BCUT2D eigenvalue weighted by atomic mass is 10.2. The minimum Gasteiger partial charge on any atom is -0.496 e. The molecule has 4 aromatic heterocycles. The maximum absolute atomic E-state index is 13.1. The van der Waals surface area contributed by atoms with Crippen LogP contribution >= 0.6 is 11.3 Å². The van der Waals surface area contributed by atoms with E-state index in [4.69, 9.17) is 14.6 Å². The number of carboxylic acids is 1. The van der Waals surface area contributed by atoms with Crippen LogP contribution in [0.25, 0.3) is 17.0 Å². The smallest absolute Gasteiger partial charge is 0.490 e. The normalized spacial score (nSPS) is 11.1. The fourth-order valence-electron chi connectivity index (χ4n) is 3.72. The first-order chi connectivity index (χ1) is 19.1. The largest absolute Gasteiger partial charge is 0.496 e. The van der Waals surface area contributed by atoms with Crippen LogP contribution in [0.15, 0.2) is 66.6 Å². The van der Waals surface area contributed by atoms with Crippen molar-refractivity contribution >= 4 is 28.7 Å². The van der Waals surface area contributed by atoms with Gasteiger partial charge in [0.05, 0.1) is 36.2 Å². The van der Waals surface area contributed by atoms with Gasteiger partial charge in [-0.05, 0) is 25.1 Å². The number of benzene rings is 1. The molecule has 0 fully saturated rings. The summed E-state index contributed by atoms with van der Waals surface area (Å²) in [4.78, 5) is 35.7. The van der Waals surface area contributed by atoms with Crippen molar-refractivity contribution in [1.29, 1.82) is 0 Å². The summed E-state index contributed by atoms with van der Waals surface area (Å²) in [6, 6.07) is 13.3. The van der Waals surface area contributed by atoms with Crippen LogP contribution in [0.3, 0.4) is 0 Å². The van der Waals surface area contributed by atoms with Gasteiger partial charge in [-0.15, -0.1) is 11.3 Å². The van der Waals surface area contributed by atoms with Crippen LogP contribution in [0, 0.1) is 6.92 Å². The highest BCUT2D eigenvalue weighted by Gasteiger charge is 2.38. The molecule has 1 amide bonds. The quantitative estimate of drug-likeness (QED) is 0.293. The molecule has 14 heteroatoms. The van der Waals surface area contributed by atoms with Gasteiger partial charge < -0.3 is 19.7 Å². The number of alkyl halides is 3. The maximum Gasteiger partial charge on any atom is 0.490 e. The molecule has 0 aliphatic rings. The number of thiazole rings is 1. The molecule has 0 aliphatic carbocycles. The fourth-order valence-corrected chi connectivity index (χ4v) is 4.33. The molecule has 0 atom stereocenters. The molecule has 10 nitrogen and oxygen atoms in total. The average Bonchev–Trinajstić information content (AvgIpc) is 3.66. The number of imidazole rings is 2. The summed E-state index contributed by atoms with van der Waals surface area (Å²) in [7, 11) is 1.62. The molecular weight excluding hydrogens is 549 g/mol. The number of aryl methyl sites for hydroxylation is 1. The van der Waals surface area contributed by atoms with E-state index in [1.807, 2.05) is 76.1 Å². The number of aliphatic carboxylic acids is 1. The van der Waals surface area contributed by atoms with E-state index < -0.39 is 12.1 Å². The number of hydrogen-bond donors (Lipinski definition) is 2. The van der Waals surface area contributed by atoms with Gasteiger partial charge in [0.2, 0.25) is 0 Å². The number of methoxy groups -OCH3 is 1. The summed E-state index contributed by atoms with van der Waals surface area (Å²) in [5.41, 5.74) is 3.64. The highest BCUT2D eigenvalue weighted by Crippen LogP contribution is 2.23. The Morgan fingerprint density at radius 1 is 1.12 bits per heavy atom. The van der Waals surface area contributed by atoms with Crippen molar-refractivity contribution in [2.45, 2.75) is 26.2 Å². The van der Waals surface area contributed by atoms with Gasteiger partial charge in [-0.1, -0.05) is 24.3 Å². The third-order valence-corrected chi connectivity index (χ3v) is 6.33. The Kier molecular flexibility index (Phi) is 8.48. The van der Waals surface area contributed by atoms with E-state index >= 15 is 0 Å². The van der Waals surface area contributed by atoms with Gasteiger partial charge in [0.1, 0.15) is 11.4 Å². The third kappa shape index (κ3) is 6.64. The molecule has 0 saturated heterocycles. The second-order valence-electron chi connectivity index (χ2n) is 8.33. The second kappa shape index (κ2) is 12.0. The van der Waals surface area contributed by atoms with E-state index in [2.05, 4.69) is 20.3 Å². The maximum atomic E-state index is 13.1. The minimum absolute atomic E-state index is 0.256. The number of amides is 1. The highest BCUT2D eigenvalue weighted by atomic mass is 32.1. The van der Waals surface area contributed by atoms with Gasteiger partial charge in [0.15, 0.2) is 11.5 Å². The van der Waals surface area contributed by atoms with Gasteiger partial charge in [0.25, 0.3) is 5.91 Å². The molecule has 1 aromatic carbocycles. The van der Waals surface area contributed by atoms with Gasteiger partial charge in [-0.2, -0.15) is 13.2 Å². The standard InChI is InChI=1S/C24H22N6O2S.C2HF3O2/c1-16-27-18(14-33-16)12-29-13-19(26-15-29)23-28-22(20-8-5-6-10-30(20)23)24(31)25-11-17-7-3-4-9-21(17)32-2;3-2(4,5)1(6)7/h3-10,13-15H,11-12H2,1-2H3,(H,25,31);(H,6,7). The van der Waals surface area contributed by atoms with E-state index in [-0.39, 0.29) is 5.91 Å². The molecular formula is C26H23F3N6O4S. The van der Waals surface area contributed by atoms with Crippen molar-refractivity contribution in [3.8, 4) is 17.3 Å². The first kappa shape index (κ1) is 28.3. The van der Waals surface area contributed by atoms with Crippen LogP contribution < -0.4 is 10.1 Å². The van der Waals surface area contributed by atoms with E-state index in [9.17, 15) is 18.0 Å². The summed E-state index contributed by atoms with van der Waals surface area (Å²) >= 11 is 1.63. The van der Waals surface area contributed by atoms with Crippen molar-refractivity contribution in [2.75, 3.05) is 7.11 Å². The number of carboxylic acid groups (broad SMARTS) is 1. The number of aromatic nitrogens is 5. The second-order valence-corrected chi connectivity index (χ2v) is 9.39. The topological polar surface area (TPSA) is 124 Å². The predicted octanol–water partition coefficient (Wildman–Crippen LogP) is 4.58. The Morgan fingerprint density at radius 3 is 2.52 bits per heavy atom. The first-order valence-corrected chi connectivity index (χ1v) is 12.5. The minimum atomic E-state index is -5.08. The molecule has 2 N–H and O–H groups in total. The lowest BCUT2D eigenvalue weighted by Crippen LogP contribution is -2.23. The number of pyridine rings is 1. The van der Waals surface area contributed by atoms with E-state index in [0.717, 1.165) is 27.5 Å². The molecule has 4 heterocycles. The number of nitrogens with one attached hydrogen (secondary N) is 1. The number of nitrogens with zero attached hydrogens (tertiary/aromatic N) is 5. The van der Waals surface area contributed by atoms with Crippen molar-refractivity contribution in [1.82, 2.24) is 29.2 Å². The number of halogens is 3. The third-order valence-electron chi connectivity index (χ3n) is 5.51. The number of carbonyl (C=O) groups is 2. The molecule has 0 saturated carbocycles. The number of fused-ring (bicyclic) bond motifs is 1. The molecule has 0 unspecified atom stereocenters. The number of para-hydroxylation sites is 1. The fraction of sp³-hybridized carbons (Fsp3) is 0.192. The molecule has 0 bridgehead atoms.